The fraction of sp³-hybridized carbons (Fsp3) is 0.938. The summed E-state index contributed by atoms with van der Waals surface area (Å²) in [6, 6.07) is 0. The normalized spacial score (nSPS) is 28.1. The first-order chi connectivity index (χ1) is 11.0. The van der Waals surface area contributed by atoms with Gasteiger partial charge in [0.2, 0.25) is 10.0 Å². The molecule has 0 aromatic heterocycles. The summed E-state index contributed by atoms with van der Waals surface area (Å²) >= 11 is 0. The number of hydrogen-bond acceptors (Lipinski definition) is 5. The van der Waals surface area contributed by atoms with Gasteiger partial charge in [0.25, 0.3) is 0 Å². The number of carbonyl (C=O) groups is 1. The second kappa shape index (κ2) is 6.69. The summed E-state index contributed by atoms with van der Waals surface area (Å²) < 4.78 is 31.4. The van der Waals surface area contributed by atoms with E-state index in [1.807, 2.05) is 0 Å². The monoisotopic (exact) mass is 344 g/mol. The third-order valence-corrected chi connectivity index (χ3v) is 7.82. The summed E-state index contributed by atoms with van der Waals surface area (Å²) in [6.07, 6.45) is 5.64. The topological polar surface area (TPSA) is 66.9 Å². The van der Waals surface area contributed by atoms with Gasteiger partial charge in [-0.3, -0.25) is 4.79 Å². The number of hydrogen-bond donors (Lipinski definition) is 0. The van der Waals surface area contributed by atoms with Gasteiger partial charge >= 0.3 is 5.97 Å². The average molecular weight is 344 g/mol. The molecule has 1 unspecified atom stereocenters. The molecule has 7 heteroatoms. The molecule has 3 aliphatic rings. The fourth-order valence-electron chi connectivity index (χ4n) is 4.19. The van der Waals surface area contributed by atoms with Crippen LogP contribution in [0.3, 0.4) is 0 Å². The first kappa shape index (κ1) is 17.2. The Morgan fingerprint density at radius 3 is 2.43 bits per heavy atom. The van der Waals surface area contributed by atoms with Crippen molar-refractivity contribution in [3.05, 3.63) is 0 Å². The Labute approximate surface area is 139 Å². The number of likely N-dealkylation sites (tertiary alicyclic amines) is 1. The standard InChI is InChI=1S/C16H28N2O4S/c1-22-15(19)14-13-16(14)5-10-18(11-6-16)23(20,21)12-4-9-17-7-2-3-8-17/h14H,2-13H2,1H3. The number of rotatable bonds is 6. The van der Waals surface area contributed by atoms with Crippen molar-refractivity contribution in [2.75, 3.05) is 45.6 Å². The Bertz CT molecular complexity index is 534. The maximum atomic E-state index is 12.5. The van der Waals surface area contributed by atoms with Crippen LogP contribution in [0.15, 0.2) is 0 Å². The first-order valence-corrected chi connectivity index (χ1v) is 10.4. The van der Waals surface area contributed by atoms with Gasteiger partial charge in [-0.15, -0.1) is 0 Å². The Balaban J connectivity index is 1.44. The average Bonchev–Trinajstić information content (AvgIpc) is 2.97. The summed E-state index contributed by atoms with van der Waals surface area (Å²) in [4.78, 5) is 14.0. The number of esters is 1. The molecule has 0 radical (unpaired) electrons. The van der Waals surface area contributed by atoms with Gasteiger partial charge in [-0.2, -0.15) is 0 Å². The smallest absolute Gasteiger partial charge is 0.309 e. The lowest BCUT2D eigenvalue weighted by atomic mass is 9.92. The minimum atomic E-state index is -3.15. The highest BCUT2D eigenvalue weighted by Crippen LogP contribution is 2.59. The Morgan fingerprint density at radius 1 is 1.17 bits per heavy atom. The second-order valence-corrected chi connectivity index (χ2v) is 9.35. The van der Waals surface area contributed by atoms with E-state index in [9.17, 15) is 13.2 Å². The third-order valence-electron chi connectivity index (χ3n) is 5.86. The number of sulfonamides is 1. The lowest BCUT2D eigenvalue weighted by molar-refractivity contribution is -0.143. The highest BCUT2D eigenvalue weighted by molar-refractivity contribution is 7.89. The zero-order chi connectivity index (χ0) is 16.5. The van der Waals surface area contributed by atoms with Crippen molar-refractivity contribution in [3.63, 3.8) is 0 Å². The summed E-state index contributed by atoms with van der Waals surface area (Å²) in [6.45, 7) is 4.23. The van der Waals surface area contributed by atoms with Crippen LogP contribution in [-0.4, -0.2) is 69.2 Å². The molecule has 1 saturated carbocycles. The molecule has 2 heterocycles. The molecule has 0 aromatic carbocycles. The summed E-state index contributed by atoms with van der Waals surface area (Å²) in [5, 5.41) is 0. The summed E-state index contributed by atoms with van der Waals surface area (Å²) in [5.41, 5.74) is 0.0225. The van der Waals surface area contributed by atoms with E-state index in [0.29, 0.717) is 13.1 Å². The summed E-state index contributed by atoms with van der Waals surface area (Å²) in [7, 11) is -1.73. The highest BCUT2D eigenvalue weighted by Gasteiger charge is 2.59. The van der Waals surface area contributed by atoms with E-state index in [4.69, 9.17) is 4.74 Å². The Hall–Kier alpha value is -0.660. The van der Waals surface area contributed by atoms with Crippen LogP contribution in [0, 0.1) is 11.3 Å². The van der Waals surface area contributed by atoms with Crippen LogP contribution in [0.2, 0.25) is 0 Å². The molecule has 6 nitrogen and oxygen atoms in total. The Morgan fingerprint density at radius 2 is 1.83 bits per heavy atom. The number of ether oxygens (including phenoxy) is 1. The molecule has 3 fully saturated rings. The lowest BCUT2D eigenvalue weighted by Crippen LogP contribution is -2.41. The molecule has 0 bridgehead atoms. The van der Waals surface area contributed by atoms with Crippen LogP contribution in [0.5, 0.6) is 0 Å². The van der Waals surface area contributed by atoms with Gasteiger partial charge in [0.1, 0.15) is 0 Å². The zero-order valence-corrected chi connectivity index (χ0v) is 14.8. The van der Waals surface area contributed by atoms with E-state index in [2.05, 4.69) is 4.90 Å². The predicted octanol–water partition coefficient (Wildman–Crippen LogP) is 1.08. The molecule has 0 amide bonds. The van der Waals surface area contributed by atoms with E-state index in [0.717, 1.165) is 45.3 Å². The molecule has 23 heavy (non-hydrogen) atoms. The van der Waals surface area contributed by atoms with Crippen molar-refractivity contribution in [1.29, 1.82) is 0 Å². The van der Waals surface area contributed by atoms with Crippen LogP contribution in [0.4, 0.5) is 0 Å². The number of carbonyl (C=O) groups excluding carboxylic acids is 1. The molecule has 1 atom stereocenters. The molecular formula is C16H28N2O4S. The minimum Gasteiger partial charge on any atom is -0.469 e. The van der Waals surface area contributed by atoms with E-state index < -0.39 is 10.0 Å². The largest absolute Gasteiger partial charge is 0.469 e. The second-order valence-electron chi connectivity index (χ2n) is 7.26. The zero-order valence-electron chi connectivity index (χ0n) is 14.0. The molecule has 1 aliphatic carbocycles. The van der Waals surface area contributed by atoms with E-state index in [1.165, 1.54) is 20.0 Å². The molecule has 132 valence electrons. The van der Waals surface area contributed by atoms with Crippen LogP contribution < -0.4 is 0 Å². The molecular weight excluding hydrogens is 316 g/mol. The molecule has 0 aromatic rings. The third kappa shape index (κ3) is 3.72. The quantitative estimate of drug-likeness (QED) is 0.675. The van der Waals surface area contributed by atoms with Gasteiger partial charge < -0.3 is 9.64 Å². The van der Waals surface area contributed by atoms with Gasteiger partial charge in [0, 0.05) is 13.1 Å². The van der Waals surface area contributed by atoms with E-state index in [1.54, 1.807) is 4.31 Å². The molecule has 3 rings (SSSR count). The van der Waals surface area contributed by atoms with Gasteiger partial charge in [0.05, 0.1) is 18.8 Å². The lowest BCUT2D eigenvalue weighted by Gasteiger charge is -2.32. The van der Waals surface area contributed by atoms with Crippen molar-refractivity contribution in [2.24, 2.45) is 11.3 Å². The first-order valence-electron chi connectivity index (χ1n) is 8.75. The maximum absolute atomic E-state index is 12.5. The van der Waals surface area contributed by atoms with Crippen molar-refractivity contribution in [3.8, 4) is 0 Å². The number of nitrogens with zero attached hydrogens (tertiary/aromatic N) is 2. The van der Waals surface area contributed by atoms with E-state index >= 15 is 0 Å². The van der Waals surface area contributed by atoms with Crippen molar-refractivity contribution < 1.29 is 17.9 Å². The predicted molar refractivity (Wildman–Crippen MR) is 87.4 cm³/mol. The van der Waals surface area contributed by atoms with Gasteiger partial charge in [0.15, 0.2) is 0 Å². The van der Waals surface area contributed by atoms with Gasteiger partial charge in [-0.1, -0.05) is 0 Å². The molecule has 0 N–H and O–H groups in total. The van der Waals surface area contributed by atoms with Crippen molar-refractivity contribution in [1.82, 2.24) is 9.21 Å². The van der Waals surface area contributed by atoms with Crippen LogP contribution in [-0.2, 0) is 19.6 Å². The van der Waals surface area contributed by atoms with Gasteiger partial charge in [-0.05, 0) is 63.6 Å². The fourth-order valence-corrected chi connectivity index (χ4v) is 5.68. The SMILES string of the molecule is COC(=O)C1CC12CCN(S(=O)(=O)CCCN1CCCC1)CC2. The summed E-state index contributed by atoms with van der Waals surface area (Å²) in [5.74, 6) is 0.108. The minimum absolute atomic E-state index is 0.00693. The maximum Gasteiger partial charge on any atom is 0.309 e. The number of methoxy groups -OCH3 is 1. The number of piperidine rings is 1. The van der Waals surface area contributed by atoms with Crippen LogP contribution >= 0.6 is 0 Å². The molecule has 1 spiro atoms. The van der Waals surface area contributed by atoms with Crippen molar-refractivity contribution >= 4 is 16.0 Å². The Kier molecular flexibility index (Phi) is 4.99. The van der Waals surface area contributed by atoms with Gasteiger partial charge in [-0.25, -0.2) is 12.7 Å². The highest BCUT2D eigenvalue weighted by atomic mass is 32.2. The molecule has 2 aliphatic heterocycles. The van der Waals surface area contributed by atoms with E-state index in [-0.39, 0.29) is 23.1 Å². The van der Waals surface area contributed by atoms with Crippen LogP contribution in [0.1, 0.15) is 38.5 Å². The molecule has 2 saturated heterocycles. The van der Waals surface area contributed by atoms with Crippen LogP contribution in [0.25, 0.3) is 0 Å². The van der Waals surface area contributed by atoms with Crippen molar-refractivity contribution in [2.45, 2.75) is 38.5 Å².